The SMILES string of the molecule is [2H]C1([2H])C(N2CCN(C(C)C)CC2)C1([2H])[2H]. The van der Waals surface area contributed by atoms with E-state index in [0.29, 0.717) is 6.04 Å². The molecular formula is C10H20N2. The van der Waals surface area contributed by atoms with Crippen molar-refractivity contribution < 1.29 is 5.48 Å². The number of piperazine rings is 1. The van der Waals surface area contributed by atoms with Crippen molar-refractivity contribution >= 4 is 0 Å². The Kier molecular flexibility index (Phi) is 1.38. The largest absolute Gasteiger partial charge is 0.298 e. The summed E-state index contributed by atoms with van der Waals surface area (Å²) in [5.74, 6) is 0. The van der Waals surface area contributed by atoms with Crippen molar-refractivity contribution in [3.05, 3.63) is 0 Å². The first kappa shape index (κ1) is 4.97. The predicted molar refractivity (Wildman–Crippen MR) is 51.3 cm³/mol. The Morgan fingerprint density at radius 2 is 1.75 bits per heavy atom. The van der Waals surface area contributed by atoms with Crippen LogP contribution in [0, 0.1) is 0 Å². The molecule has 2 nitrogen and oxygen atoms in total. The molecule has 0 atom stereocenters. The monoisotopic (exact) mass is 172 g/mol. The molecule has 0 bridgehead atoms. The van der Waals surface area contributed by atoms with Crippen LogP contribution >= 0.6 is 0 Å². The summed E-state index contributed by atoms with van der Waals surface area (Å²) in [6, 6.07) is -0.0100. The van der Waals surface area contributed by atoms with Gasteiger partial charge in [-0.15, -0.1) is 0 Å². The van der Waals surface area contributed by atoms with Crippen LogP contribution in [0.5, 0.6) is 0 Å². The number of hydrogen-bond acceptors (Lipinski definition) is 2. The third kappa shape index (κ3) is 1.80. The number of nitrogens with zero attached hydrogens (tertiary/aromatic N) is 2. The highest BCUT2D eigenvalue weighted by Gasteiger charge is 2.31. The van der Waals surface area contributed by atoms with Crippen LogP contribution in [0.4, 0.5) is 0 Å². The molecule has 0 radical (unpaired) electrons. The van der Waals surface area contributed by atoms with Gasteiger partial charge in [-0.25, -0.2) is 0 Å². The fraction of sp³-hybridized carbons (Fsp3) is 1.00. The molecule has 2 rings (SSSR count). The van der Waals surface area contributed by atoms with Crippen LogP contribution in [0.3, 0.4) is 0 Å². The van der Waals surface area contributed by atoms with Gasteiger partial charge in [0.05, 0.1) is 0 Å². The van der Waals surface area contributed by atoms with Gasteiger partial charge in [-0.3, -0.25) is 9.80 Å². The first-order valence-electron chi connectivity index (χ1n) is 6.76. The van der Waals surface area contributed by atoms with E-state index in [1.807, 2.05) is 4.90 Å². The lowest BCUT2D eigenvalue weighted by molar-refractivity contribution is 0.103. The number of hydrogen-bond donors (Lipinski definition) is 0. The molecule has 1 saturated heterocycles. The lowest BCUT2D eigenvalue weighted by Crippen LogP contribution is -2.49. The van der Waals surface area contributed by atoms with Crippen molar-refractivity contribution in [3.8, 4) is 0 Å². The van der Waals surface area contributed by atoms with Crippen LogP contribution < -0.4 is 0 Å². The summed E-state index contributed by atoms with van der Waals surface area (Å²) in [6.07, 6.45) is -3.32. The van der Waals surface area contributed by atoms with Gasteiger partial charge in [0.1, 0.15) is 0 Å². The van der Waals surface area contributed by atoms with Crippen LogP contribution in [0.2, 0.25) is 0 Å². The van der Waals surface area contributed by atoms with Crippen LogP contribution in [0.25, 0.3) is 0 Å². The summed E-state index contributed by atoms with van der Waals surface area (Å²) in [5.41, 5.74) is 0. The van der Waals surface area contributed by atoms with Crippen molar-refractivity contribution in [2.24, 2.45) is 0 Å². The molecule has 0 aromatic rings. The molecule has 1 heterocycles. The van der Waals surface area contributed by atoms with Crippen molar-refractivity contribution in [2.45, 2.75) is 38.7 Å². The minimum Gasteiger partial charge on any atom is -0.298 e. The maximum absolute atomic E-state index is 7.62. The van der Waals surface area contributed by atoms with Gasteiger partial charge in [-0.2, -0.15) is 0 Å². The summed E-state index contributed by atoms with van der Waals surface area (Å²) in [7, 11) is 0. The smallest absolute Gasteiger partial charge is 0.0283 e. The van der Waals surface area contributed by atoms with Crippen molar-refractivity contribution in [2.75, 3.05) is 26.2 Å². The molecule has 1 aliphatic carbocycles. The highest BCUT2D eigenvalue weighted by Crippen LogP contribution is 2.27. The normalized spacial score (nSPS) is 41.6. The summed E-state index contributed by atoms with van der Waals surface area (Å²) < 4.78 is 30.5. The highest BCUT2D eigenvalue weighted by molar-refractivity contribution is 4.87. The van der Waals surface area contributed by atoms with E-state index in [1.54, 1.807) is 0 Å². The van der Waals surface area contributed by atoms with E-state index < -0.39 is 18.8 Å². The summed E-state index contributed by atoms with van der Waals surface area (Å²) in [6.45, 7) is 7.71. The molecule has 70 valence electrons. The Hall–Kier alpha value is -0.0800. The lowest BCUT2D eigenvalue weighted by atomic mass is 10.2. The lowest BCUT2D eigenvalue weighted by Gasteiger charge is -2.37. The summed E-state index contributed by atoms with van der Waals surface area (Å²) in [4.78, 5) is 4.32. The van der Waals surface area contributed by atoms with Crippen molar-refractivity contribution in [1.29, 1.82) is 0 Å². The zero-order valence-corrected chi connectivity index (χ0v) is 7.88. The fourth-order valence-electron chi connectivity index (χ4n) is 1.73. The molecule has 0 aromatic heterocycles. The first-order chi connectivity index (χ1) is 7.28. The van der Waals surface area contributed by atoms with Gasteiger partial charge in [-0.05, 0) is 26.6 Å². The minimum atomic E-state index is -1.66. The van der Waals surface area contributed by atoms with Gasteiger partial charge in [0.2, 0.25) is 0 Å². The average Bonchev–Trinajstić information content (AvgIpc) is 2.57. The van der Waals surface area contributed by atoms with Gasteiger partial charge in [0.15, 0.2) is 0 Å². The van der Waals surface area contributed by atoms with E-state index >= 15 is 0 Å². The Bertz CT molecular complexity index is 258. The topological polar surface area (TPSA) is 6.48 Å². The van der Waals surface area contributed by atoms with Crippen LogP contribution in [0.15, 0.2) is 0 Å². The molecule has 1 aliphatic heterocycles. The van der Waals surface area contributed by atoms with Gasteiger partial charge >= 0.3 is 0 Å². The third-order valence-electron chi connectivity index (χ3n) is 2.72. The zero-order valence-electron chi connectivity index (χ0n) is 11.9. The van der Waals surface area contributed by atoms with E-state index in [1.165, 1.54) is 0 Å². The maximum Gasteiger partial charge on any atom is 0.0283 e. The van der Waals surface area contributed by atoms with Crippen molar-refractivity contribution in [1.82, 2.24) is 9.80 Å². The average molecular weight is 172 g/mol. The molecule has 2 fully saturated rings. The van der Waals surface area contributed by atoms with E-state index in [4.69, 9.17) is 5.48 Å². The number of rotatable bonds is 2. The summed E-state index contributed by atoms with van der Waals surface area (Å²) in [5, 5.41) is 0. The van der Waals surface area contributed by atoms with Gasteiger partial charge in [0.25, 0.3) is 0 Å². The van der Waals surface area contributed by atoms with Gasteiger partial charge in [-0.1, -0.05) is 0 Å². The second-order valence-corrected chi connectivity index (χ2v) is 3.86. The Morgan fingerprint density at radius 1 is 1.17 bits per heavy atom. The van der Waals surface area contributed by atoms with Crippen LogP contribution in [-0.2, 0) is 0 Å². The summed E-state index contributed by atoms with van der Waals surface area (Å²) >= 11 is 0. The van der Waals surface area contributed by atoms with Crippen LogP contribution in [-0.4, -0.2) is 48.1 Å². The minimum absolute atomic E-state index is 0.523. The third-order valence-corrected chi connectivity index (χ3v) is 2.72. The zero-order chi connectivity index (χ0) is 12.1. The van der Waals surface area contributed by atoms with E-state index in [-0.39, 0.29) is 0 Å². The Morgan fingerprint density at radius 3 is 2.17 bits per heavy atom. The molecular weight excluding hydrogens is 148 g/mol. The molecule has 0 unspecified atom stereocenters. The quantitative estimate of drug-likeness (QED) is 0.617. The second kappa shape index (κ2) is 3.35. The molecule has 2 heteroatoms. The molecule has 12 heavy (non-hydrogen) atoms. The molecule has 0 spiro atoms. The van der Waals surface area contributed by atoms with E-state index in [2.05, 4.69) is 18.7 Å². The Balaban J connectivity index is 1.92. The molecule has 0 aromatic carbocycles. The maximum atomic E-state index is 7.62. The van der Waals surface area contributed by atoms with Gasteiger partial charge < -0.3 is 0 Å². The van der Waals surface area contributed by atoms with E-state index in [0.717, 1.165) is 26.2 Å². The van der Waals surface area contributed by atoms with Crippen LogP contribution in [0.1, 0.15) is 32.1 Å². The first-order valence-corrected chi connectivity index (χ1v) is 4.76. The molecule has 2 aliphatic rings. The van der Waals surface area contributed by atoms with Crippen molar-refractivity contribution in [3.63, 3.8) is 0 Å². The highest BCUT2D eigenvalue weighted by atomic mass is 15.3. The predicted octanol–water partition coefficient (Wildman–Crippen LogP) is 1.17. The molecule has 0 amide bonds. The molecule has 0 N–H and O–H groups in total. The molecule has 1 saturated carbocycles. The Labute approximate surface area is 81.2 Å². The second-order valence-electron chi connectivity index (χ2n) is 3.86. The van der Waals surface area contributed by atoms with E-state index in [9.17, 15) is 0 Å². The standard InChI is InChI=1S/C10H20N2/c1-9(2)11-5-7-12(8-6-11)10-3-4-10/h9-10H,3-8H2,1-2H3/i3D2,4D2. The fourth-order valence-corrected chi connectivity index (χ4v) is 1.73. The van der Waals surface area contributed by atoms with Gasteiger partial charge in [0, 0.05) is 43.7 Å².